The number of benzene rings is 2. The lowest BCUT2D eigenvalue weighted by molar-refractivity contribution is 0.552. The highest BCUT2D eigenvalue weighted by Gasteiger charge is 2.16. The summed E-state index contributed by atoms with van der Waals surface area (Å²) < 4.78 is 12.9. The Hall–Kier alpha value is -2.16. The van der Waals surface area contributed by atoms with Crippen LogP contribution in [-0.4, -0.2) is 29.0 Å². The third kappa shape index (κ3) is 4.02. The molecule has 24 heavy (non-hydrogen) atoms. The number of hydrogen-bond donors (Lipinski definition) is 0. The van der Waals surface area contributed by atoms with Gasteiger partial charge in [0.15, 0.2) is 0 Å². The van der Waals surface area contributed by atoms with E-state index in [1.807, 2.05) is 25.8 Å². The fourth-order valence-electron chi connectivity index (χ4n) is 2.01. The van der Waals surface area contributed by atoms with Crippen LogP contribution in [0.2, 0.25) is 5.02 Å². The van der Waals surface area contributed by atoms with E-state index in [1.54, 1.807) is 42.7 Å². The summed E-state index contributed by atoms with van der Waals surface area (Å²) >= 11 is 6.13. The molecule has 124 valence electrons. The maximum atomic E-state index is 12.9. The van der Waals surface area contributed by atoms with Crippen molar-refractivity contribution in [3.8, 4) is 6.07 Å². The van der Waals surface area contributed by atoms with E-state index in [2.05, 4.69) is 11.1 Å². The molecule has 2 aromatic carbocycles. The Morgan fingerprint density at radius 1 is 1.33 bits per heavy atom. The first-order valence-corrected chi connectivity index (χ1v) is 8.96. The molecule has 0 spiro atoms. The van der Waals surface area contributed by atoms with Crippen molar-refractivity contribution in [1.29, 1.82) is 5.26 Å². The van der Waals surface area contributed by atoms with E-state index in [0.29, 0.717) is 26.1 Å². The average Bonchev–Trinajstić information content (AvgIpc) is 2.59. The number of nitriles is 1. The quantitative estimate of drug-likeness (QED) is 0.590. The molecule has 2 rings (SSSR count). The summed E-state index contributed by atoms with van der Waals surface area (Å²) in [5, 5.41) is 9.86. The summed E-state index contributed by atoms with van der Waals surface area (Å²) in [5.41, 5.74) is 1.88. The van der Waals surface area contributed by atoms with Gasteiger partial charge in [-0.15, -0.1) is 0 Å². The van der Waals surface area contributed by atoms with Crippen molar-refractivity contribution in [2.45, 2.75) is 23.6 Å². The van der Waals surface area contributed by atoms with Gasteiger partial charge in [0.25, 0.3) is 0 Å². The van der Waals surface area contributed by atoms with E-state index in [-0.39, 0.29) is 0 Å². The Balaban J connectivity index is 2.48. The molecule has 6 heteroatoms. The van der Waals surface area contributed by atoms with Crippen LogP contribution in [0.5, 0.6) is 0 Å². The smallest absolute Gasteiger partial charge is 0.100 e. The maximum absolute atomic E-state index is 12.9. The third-order valence-electron chi connectivity index (χ3n) is 3.55. The molecule has 0 aliphatic carbocycles. The zero-order valence-corrected chi connectivity index (χ0v) is 15.4. The lowest BCUT2D eigenvalue weighted by atomic mass is 10.1. The Kier molecular flexibility index (Phi) is 6.13. The summed E-state index contributed by atoms with van der Waals surface area (Å²) in [4.78, 5) is 7.28. The highest BCUT2D eigenvalue weighted by molar-refractivity contribution is 7.85. The molecule has 0 aliphatic heterocycles. The molecule has 2 aromatic rings. The second-order valence-corrected chi connectivity index (χ2v) is 7.09. The van der Waals surface area contributed by atoms with Crippen LogP contribution in [0.15, 0.2) is 51.2 Å². The van der Waals surface area contributed by atoms with Crippen LogP contribution >= 0.6 is 11.6 Å². The lowest BCUT2D eigenvalue weighted by Gasteiger charge is -2.11. The van der Waals surface area contributed by atoms with Gasteiger partial charge in [-0.1, -0.05) is 23.7 Å². The second-order valence-electron chi connectivity index (χ2n) is 5.26. The maximum Gasteiger partial charge on any atom is 0.100 e. The third-order valence-corrected chi connectivity index (χ3v) is 5.48. The van der Waals surface area contributed by atoms with Gasteiger partial charge in [-0.25, -0.2) is 9.20 Å². The minimum atomic E-state index is -1.52. The summed E-state index contributed by atoms with van der Waals surface area (Å²) in [7, 11) is 0.402. The molecule has 4 nitrogen and oxygen atoms in total. The fraction of sp³-hybridized carbons (Fsp3) is 0.222. The van der Waals surface area contributed by atoms with Crippen LogP contribution < -0.4 is 0 Å². The number of rotatable bonds is 5. The van der Waals surface area contributed by atoms with E-state index in [9.17, 15) is 9.47 Å². The largest absolute Gasteiger partial charge is 0.366 e. The van der Waals surface area contributed by atoms with E-state index < -0.39 is 10.8 Å². The summed E-state index contributed by atoms with van der Waals surface area (Å²) in [6, 6.07) is 12.5. The van der Waals surface area contributed by atoms with Crippen molar-refractivity contribution in [2.75, 3.05) is 13.6 Å². The first-order valence-electron chi connectivity index (χ1n) is 7.43. The number of nitrogens with zero attached hydrogens (tertiary/aromatic N) is 3. The molecule has 0 amide bonds. The molecule has 1 unspecified atom stereocenters. The van der Waals surface area contributed by atoms with Gasteiger partial charge in [0.2, 0.25) is 0 Å². The van der Waals surface area contributed by atoms with Gasteiger partial charge in [0.1, 0.15) is 6.07 Å². The van der Waals surface area contributed by atoms with Crippen LogP contribution in [-0.2, 0) is 10.8 Å². The van der Waals surface area contributed by atoms with Crippen molar-refractivity contribution in [3.05, 3.63) is 52.5 Å². The predicted octanol–water partition coefficient (Wildman–Crippen LogP) is 4.30. The van der Waals surface area contributed by atoms with Crippen molar-refractivity contribution in [3.63, 3.8) is 0 Å². The van der Waals surface area contributed by atoms with E-state index >= 15 is 0 Å². The molecular weight excluding hydrogens is 342 g/mol. The molecule has 0 radical (unpaired) electrons. The van der Waals surface area contributed by atoms with Crippen molar-refractivity contribution < 1.29 is 4.21 Å². The van der Waals surface area contributed by atoms with Gasteiger partial charge in [0, 0.05) is 13.6 Å². The lowest BCUT2D eigenvalue weighted by Crippen LogP contribution is -2.14. The normalized spacial score (nSPS) is 12.1. The summed E-state index contributed by atoms with van der Waals surface area (Å²) in [5.74, 6) is 0. The zero-order valence-electron chi connectivity index (χ0n) is 13.8. The summed E-state index contributed by atoms with van der Waals surface area (Å²) in [6.07, 6.45) is 1.72. The minimum absolute atomic E-state index is 0.338. The van der Waals surface area contributed by atoms with Gasteiger partial charge in [-0.3, -0.25) is 0 Å². The number of aryl methyl sites for hydroxylation is 1. The average molecular weight is 360 g/mol. The molecule has 0 aliphatic rings. The van der Waals surface area contributed by atoms with E-state index in [4.69, 9.17) is 11.6 Å². The first-order chi connectivity index (χ1) is 11.5. The van der Waals surface area contributed by atoms with Crippen LogP contribution in [0.4, 0.5) is 5.69 Å². The van der Waals surface area contributed by atoms with Crippen molar-refractivity contribution in [2.24, 2.45) is 4.99 Å². The topological polar surface area (TPSA) is 56.5 Å². The van der Waals surface area contributed by atoms with Crippen LogP contribution in [0.1, 0.15) is 18.1 Å². The number of hydrogen-bond acceptors (Lipinski definition) is 3. The molecule has 0 saturated carbocycles. The highest BCUT2D eigenvalue weighted by atomic mass is 35.5. The fourth-order valence-corrected chi connectivity index (χ4v) is 3.62. The monoisotopic (exact) mass is 359 g/mol. The molecule has 1 atom stereocenters. The van der Waals surface area contributed by atoms with Gasteiger partial charge in [-0.2, -0.15) is 5.26 Å². The van der Waals surface area contributed by atoms with E-state index in [1.165, 1.54) is 0 Å². The Morgan fingerprint density at radius 2 is 2.04 bits per heavy atom. The Morgan fingerprint density at radius 3 is 2.67 bits per heavy atom. The standard InChI is InChI=1S/C18H18ClN3OS/c1-4-22(3)12-21-16-10-14(11-20)18(9-13(16)2)24(23)17-8-6-5-7-15(17)19/h5-10,12H,4H2,1-3H3. The van der Waals surface area contributed by atoms with Gasteiger partial charge in [0.05, 0.1) is 43.2 Å². The second kappa shape index (κ2) is 8.09. The number of aliphatic imine (C=N–C) groups is 1. The molecule has 0 N–H and O–H groups in total. The minimum Gasteiger partial charge on any atom is -0.366 e. The Labute approximate surface area is 149 Å². The number of halogens is 1. The van der Waals surface area contributed by atoms with Gasteiger partial charge < -0.3 is 4.90 Å². The van der Waals surface area contributed by atoms with Crippen molar-refractivity contribution in [1.82, 2.24) is 4.90 Å². The predicted molar refractivity (Wildman–Crippen MR) is 98.5 cm³/mol. The zero-order chi connectivity index (χ0) is 17.7. The summed E-state index contributed by atoms with van der Waals surface area (Å²) in [6.45, 7) is 4.74. The first kappa shape index (κ1) is 18.2. The van der Waals surface area contributed by atoms with Gasteiger partial charge in [-0.05, 0) is 43.7 Å². The Bertz CT molecular complexity index is 843. The van der Waals surface area contributed by atoms with Crippen LogP contribution in [0.3, 0.4) is 0 Å². The molecule has 0 heterocycles. The SMILES string of the molecule is CCN(C)C=Nc1cc(C#N)c(S(=O)c2ccccc2Cl)cc1C. The van der Waals surface area contributed by atoms with Gasteiger partial charge >= 0.3 is 0 Å². The molecule has 0 saturated heterocycles. The molecule has 0 aromatic heterocycles. The van der Waals surface area contributed by atoms with Crippen LogP contribution in [0.25, 0.3) is 0 Å². The van der Waals surface area contributed by atoms with Crippen LogP contribution in [0, 0.1) is 18.3 Å². The highest BCUT2D eigenvalue weighted by Crippen LogP contribution is 2.30. The molecule has 0 bridgehead atoms. The molecular formula is C18H18ClN3OS. The molecule has 0 fully saturated rings. The van der Waals surface area contributed by atoms with E-state index in [0.717, 1.165) is 12.1 Å². The van der Waals surface area contributed by atoms with Crippen molar-refractivity contribution >= 4 is 34.4 Å².